The number of sulfonamides is 1. The Labute approximate surface area is 201 Å². The Balaban J connectivity index is 1.40. The van der Waals surface area contributed by atoms with Crippen LogP contribution in [0.1, 0.15) is 18.4 Å². The lowest BCUT2D eigenvalue weighted by atomic mass is 9.97. The molecular weight excluding hydrogens is 487 g/mol. The molecule has 33 heavy (non-hydrogen) atoms. The molecule has 1 aliphatic rings. The molecule has 1 N–H and O–H groups in total. The molecular formula is C22H24Cl2N4O4S. The molecule has 0 bridgehead atoms. The van der Waals surface area contributed by atoms with E-state index in [-0.39, 0.29) is 36.4 Å². The number of carbonyl (C=O) groups excluding carboxylic acids is 1. The van der Waals surface area contributed by atoms with E-state index in [2.05, 4.69) is 5.32 Å². The fraction of sp³-hybridized carbons (Fsp3) is 0.364. The number of anilines is 1. The molecule has 1 aliphatic heterocycles. The van der Waals surface area contributed by atoms with Crippen LogP contribution in [0.2, 0.25) is 10.0 Å². The third-order valence-corrected chi connectivity index (χ3v) is 8.66. The topological polar surface area (TPSA) is 93.4 Å². The third kappa shape index (κ3) is 4.68. The summed E-state index contributed by atoms with van der Waals surface area (Å²) in [5.41, 5.74) is 2.33. The van der Waals surface area contributed by atoms with Crippen LogP contribution < -0.4 is 11.0 Å². The van der Waals surface area contributed by atoms with Crippen LogP contribution in [0.5, 0.6) is 0 Å². The molecule has 1 aromatic heterocycles. The maximum Gasteiger partial charge on any atom is 0.328 e. The van der Waals surface area contributed by atoms with E-state index in [1.165, 1.54) is 8.87 Å². The summed E-state index contributed by atoms with van der Waals surface area (Å²) in [4.78, 5) is 24.9. The van der Waals surface area contributed by atoms with Gasteiger partial charge in [0.2, 0.25) is 15.9 Å². The van der Waals surface area contributed by atoms with E-state index in [4.69, 9.17) is 23.2 Å². The Morgan fingerprint density at radius 2 is 1.64 bits per heavy atom. The molecule has 176 valence electrons. The summed E-state index contributed by atoms with van der Waals surface area (Å²) in [6.45, 7) is 0.490. The van der Waals surface area contributed by atoms with Crippen molar-refractivity contribution in [3.05, 3.63) is 62.5 Å². The Morgan fingerprint density at radius 3 is 2.27 bits per heavy atom. The number of fused-ring (bicyclic) bond motifs is 1. The zero-order valence-corrected chi connectivity index (χ0v) is 20.5. The number of piperidine rings is 1. The summed E-state index contributed by atoms with van der Waals surface area (Å²) >= 11 is 12.3. The third-order valence-electron chi connectivity index (χ3n) is 6.15. The van der Waals surface area contributed by atoms with Gasteiger partial charge in [0, 0.05) is 54.4 Å². The molecule has 1 amide bonds. The van der Waals surface area contributed by atoms with E-state index >= 15 is 0 Å². The highest BCUT2D eigenvalue weighted by Gasteiger charge is 2.32. The molecule has 0 spiro atoms. The highest BCUT2D eigenvalue weighted by molar-refractivity contribution is 7.88. The van der Waals surface area contributed by atoms with Crippen molar-refractivity contribution < 1.29 is 13.2 Å². The molecule has 2 heterocycles. The minimum Gasteiger partial charge on any atom is -0.326 e. The van der Waals surface area contributed by atoms with Gasteiger partial charge < -0.3 is 5.32 Å². The summed E-state index contributed by atoms with van der Waals surface area (Å²) in [6.07, 6.45) is 0.820. The molecule has 1 fully saturated rings. The Hall–Kier alpha value is -2.33. The second-order valence-corrected chi connectivity index (χ2v) is 11.0. The SMILES string of the molecule is Cn1c(=O)n(C)c2cc(NC(=O)C3CCN(S(=O)(=O)Cc4c(Cl)cccc4Cl)CC3)ccc21. The first-order valence-electron chi connectivity index (χ1n) is 10.5. The van der Waals surface area contributed by atoms with E-state index in [9.17, 15) is 18.0 Å². The van der Waals surface area contributed by atoms with Crippen LogP contribution in [0, 0.1) is 5.92 Å². The van der Waals surface area contributed by atoms with Crippen molar-refractivity contribution >= 4 is 55.9 Å². The van der Waals surface area contributed by atoms with Gasteiger partial charge in [-0.25, -0.2) is 17.5 Å². The second kappa shape index (κ2) is 9.13. The number of aromatic nitrogens is 2. The van der Waals surface area contributed by atoms with Crippen LogP contribution in [0.15, 0.2) is 41.2 Å². The van der Waals surface area contributed by atoms with Gasteiger partial charge in [0.25, 0.3) is 0 Å². The quantitative estimate of drug-likeness (QED) is 0.569. The molecule has 2 aromatic carbocycles. The molecule has 11 heteroatoms. The number of imidazole rings is 1. The van der Waals surface area contributed by atoms with E-state index in [1.807, 2.05) is 0 Å². The van der Waals surface area contributed by atoms with E-state index in [0.717, 1.165) is 11.0 Å². The normalized spacial score (nSPS) is 15.8. The Kier molecular flexibility index (Phi) is 6.59. The number of hydrogen-bond donors (Lipinski definition) is 1. The number of carbonyl (C=O) groups is 1. The van der Waals surface area contributed by atoms with Crippen molar-refractivity contribution in [1.82, 2.24) is 13.4 Å². The molecule has 0 atom stereocenters. The van der Waals surface area contributed by atoms with E-state index in [0.29, 0.717) is 34.1 Å². The number of rotatable bonds is 5. The van der Waals surface area contributed by atoms with Gasteiger partial charge in [-0.05, 0) is 43.2 Å². The van der Waals surface area contributed by atoms with Crippen molar-refractivity contribution in [1.29, 1.82) is 0 Å². The van der Waals surface area contributed by atoms with Gasteiger partial charge >= 0.3 is 5.69 Å². The number of aryl methyl sites for hydroxylation is 2. The van der Waals surface area contributed by atoms with Crippen LogP contribution in [0.3, 0.4) is 0 Å². The van der Waals surface area contributed by atoms with Crippen molar-refractivity contribution in [3.8, 4) is 0 Å². The maximum atomic E-state index is 12.9. The van der Waals surface area contributed by atoms with Crippen molar-refractivity contribution in [2.24, 2.45) is 20.0 Å². The van der Waals surface area contributed by atoms with Gasteiger partial charge in [-0.2, -0.15) is 0 Å². The molecule has 0 saturated carbocycles. The van der Waals surface area contributed by atoms with Gasteiger partial charge in [0.1, 0.15) is 0 Å². The van der Waals surface area contributed by atoms with Crippen molar-refractivity contribution in [3.63, 3.8) is 0 Å². The highest BCUT2D eigenvalue weighted by Crippen LogP contribution is 2.29. The van der Waals surface area contributed by atoms with E-state index in [1.54, 1.807) is 55.1 Å². The van der Waals surface area contributed by atoms with Gasteiger partial charge in [-0.3, -0.25) is 13.9 Å². The monoisotopic (exact) mass is 510 g/mol. The molecule has 3 aromatic rings. The number of nitrogens with zero attached hydrogens (tertiary/aromatic N) is 3. The summed E-state index contributed by atoms with van der Waals surface area (Å²) in [5, 5.41) is 3.53. The zero-order chi connectivity index (χ0) is 23.9. The second-order valence-electron chi connectivity index (χ2n) is 8.22. The van der Waals surface area contributed by atoms with Crippen molar-refractivity contribution in [2.45, 2.75) is 18.6 Å². The summed E-state index contributed by atoms with van der Waals surface area (Å²) in [7, 11) is -0.241. The predicted octanol–water partition coefficient (Wildman–Crippen LogP) is 3.36. The van der Waals surface area contributed by atoms with Gasteiger partial charge in [0.05, 0.1) is 16.8 Å². The number of hydrogen-bond acceptors (Lipinski definition) is 4. The standard InChI is InChI=1S/C22H24Cl2N4O4S/c1-26-19-7-6-15(12-20(19)27(2)22(26)30)25-21(29)14-8-10-28(11-9-14)33(31,32)13-16-17(23)4-3-5-18(16)24/h3-7,12,14H,8-11,13H2,1-2H3,(H,25,29). The predicted molar refractivity (Wildman–Crippen MR) is 130 cm³/mol. The Bertz CT molecular complexity index is 1370. The number of halogens is 2. The number of benzene rings is 2. The lowest BCUT2D eigenvalue weighted by Crippen LogP contribution is -2.42. The first-order chi connectivity index (χ1) is 15.6. The fourth-order valence-electron chi connectivity index (χ4n) is 4.17. The highest BCUT2D eigenvalue weighted by atomic mass is 35.5. The minimum atomic E-state index is -3.62. The lowest BCUT2D eigenvalue weighted by molar-refractivity contribution is -0.120. The molecule has 1 saturated heterocycles. The summed E-state index contributed by atoms with van der Waals surface area (Å²) in [5.74, 6) is -0.754. The molecule has 0 aliphatic carbocycles. The average Bonchev–Trinajstić information content (AvgIpc) is 3.00. The molecule has 0 radical (unpaired) electrons. The Morgan fingerprint density at radius 1 is 1.03 bits per heavy atom. The zero-order valence-electron chi connectivity index (χ0n) is 18.2. The van der Waals surface area contributed by atoms with Crippen LogP contribution in [0.4, 0.5) is 5.69 Å². The average molecular weight is 511 g/mol. The molecule has 8 nitrogen and oxygen atoms in total. The van der Waals surface area contributed by atoms with Crippen LogP contribution in [-0.4, -0.2) is 40.9 Å². The summed E-state index contributed by atoms with van der Waals surface area (Å²) in [6, 6.07) is 10.2. The largest absolute Gasteiger partial charge is 0.328 e. The van der Waals surface area contributed by atoms with Crippen LogP contribution >= 0.6 is 23.2 Å². The number of amides is 1. The maximum absolute atomic E-state index is 12.9. The van der Waals surface area contributed by atoms with Crippen molar-refractivity contribution in [2.75, 3.05) is 18.4 Å². The first kappa shape index (κ1) is 23.8. The minimum absolute atomic E-state index is 0.139. The lowest BCUT2D eigenvalue weighted by Gasteiger charge is -2.30. The molecule has 0 unspecified atom stereocenters. The fourth-order valence-corrected chi connectivity index (χ4v) is 6.48. The summed E-state index contributed by atoms with van der Waals surface area (Å²) < 4.78 is 30.2. The molecule has 4 rings (SSSR count). The van der Waals surface area contributed by atoms with Crippen LogP contribution in [0.25, 0.3) is 11.0 Å². The first-order valence-corrected chi connectivity index (χ1v) is 12.8. The van der Waals surface area contributed by atoms with Gasteiger partial charge in [0.15, 0.2) is 0 Å². The van der Waals surface area contributed by atoms with E-state index < -0.39 is 10.0 Å². The van der Waals surface area contributed by atoms with Crippen LogP contribution in [-0.2, 0) is 34.7 Å². The van der Waals surface area contributed by atoms with Gasteiger partial charge in [-0.15, -0.1) is 0 Å². The van der Waals surface area contributed by atoms with Gasteiger partial charge in [-0.1, -0.05) is 29.3 Å². The number of nitrogens with one attached hydrogen (secondary N) is 1. The smallest absolute Gasteiger partial charge is 0.326 e.